The summed E-state index contributed by atoms with van der Waals surface area (Å²) in [7, 11) is -2.82. The number of rotatable bonds is 7. The highest BCUT2D eigenvalue weighted by Gasteiger charge is 2.44. The second-order valence-corrected chi connectivity index (χ2v) is 9.60. The second-order valence-electron chi connectivity index (χ2n) is 8.21. The molecular weight excluding hydrogens is 456 g/mol. The van der Waals surface area contributed by atoms with Crippen LogP contribution in [0.3, 0.4) is 0 Å². The SMILES string of the molecule is COc1ccc([C@@]2(Cn3ccnc3)OC[C@@H](Cc3c(S(=O)(=O)O)ccc4ccccc34)O2)cc1. The van der Waals surface area contributed by atoms with Crippen LogP contribution in [0.4, 0.5) is 0 Å². The molecule has 0 unspecified atom stereocenters. The van der Waals surface area contributed by atoms with Gasteiger partial charge in [-0.25, -0.2) is 4.98 Å². The zero-order valence-electron chi connectivity index (χ0n) is 18.5. The zero-order valence-corrected chi connectivity index (χ0v) is 19.3. The molecule has 34 heavy (non-hydrogen) atoms. The molecule has 176 valence electrons. The molecule has 0 saturated carbocycles. The van der Waals surface area contributed by atoms with Crippen LogP contribution in [0.15, 0.2) is 84.3 Å². The van der Waals surface area contributed by atoms with Gasteiger partial charge in [0.05, 0.1) is 37.6 Å². The van der Waals surface area contributed by atoms with Crippen molar-refractivity contribution < 1.29 is 27.2 Å². The summed E-state index contributed by atoms with van der Waals surface area (Å²) in [4.78, 5) is 3.99. The summed E-state index contributed by atoms with van der Waals surface area (Å²) in [6.45, 7) is 0.603. The molecule has 1 aliphatic rings. The Kier molecular flexibility index (Phi) is 5.86. The quantitative estimate of drug-likeness (QED) is 0.402. The van der Waals surface area contributed by atoms with Crippen LogP contribution >= 0.6 is 0 Å². The van der Waals surface area contributed by atoms with E-state index in [1.807, 2.05) is 59.3 Å². The molecule has 5 rings (SSSR count). The second kappa shape index (κ2) is 8.84. The summed E-state index contributed by atoms with van der Waals surface area (Å²) in [6, 6.07) is 18.1. The molecule has 8 nitrogen and oxygen atoms in total. The number of imidazole rings is 1. The van der Waals surface area contributed by atoms with Crippen molar-refractivity contribution >= 4 is 20.9 Å². The zero-order chi connectivity index (χ0) is 23.8. The van der Waals surface area contributed by atoms with E-state index in [0.717, 1.165) is 16.3 Å². The van der Waals surface area contributed by atoms with E-state index in [-0.39, 0.29) is 17.9 Å². The fraction of sp³-hybridized carbons (Fsp3) is 0.240. The Morgan fingerprint density at radius 3 is 2.65 bits per heavy atom. The smallest absolute Gasteiger partial charge is 0.294 e. The number of nitrogens with zero attached hydrogens (tertiary/aromatic N) is 2. The predicted octanol–water partition coefficient (Wildman–Crippen LogP) is 3.80. The first-order valence-electron chi connectivity index (χ1n) is 10.8. The lowest BCUT2D eigenvalue weighted by atomic mass is 10.00. The topological polar surface area (TPSA) is 99.9 Å². The van der Waals surface area contributed by atoms with E-state index < -0.39 is 22.0 Å². The van der Waals surface area contributed by atoms with E-state index in [1.54, 1.807) is 25.7 Å². The Balaban J connectivity index is 1.51. The molecular formula is C25H24N2O6S. The van der Waals surface area contributed by atoms with Gasteiger partial charge in [0.2, 0.25) is 5.79 Å². The van der Waals surface area contributed by atoms with Crippen molar-refractivity contribution in [2.45, 2.75) is 29.8 Å². The van der Waals surface area contributed by atoms with Crippen molar-refractivity contribution in [3.8, 4) is 5.75 Å². The van der Waals surface area contributed by atoms with E-state index >= 15 is 0 Å². The molecule has 0 aliphatic carbocycles. The fourth-order valence-electron chi connectivity index (χ4n) is 4.45. The summed E-state index contributed by atoms with van der Waals surface area (Å²) in [6.07, 6.45) is 5.00. The molecule has 2 atom stereocenters. The molecule has 0 spiro atoms. The van der Waals surface area contributed by atoms with E-state index in [1.165, 1.54) is 6.07 Å². The molecule has 0 amide bonds. The van der Waals surface area contributed by atoms with Crippen LogP contribution in [0.5, 0.6) is 5.75 Å². The summed E-state index contributed by atoms with van der Waals surface area (Å²) in [5, 5.41) is 1.63. The number of aromatic nitrogens is 2. The number of ether oxygens (including phenoxy) is 3. The first-order chi connectivity index (χ1) is 16.4. The summed E-state index contributed by atoms with van der Waals surface area (Å²) in [5.74, 6) is -0.384. The molecule has 0 radical (unpaired) electrons. The van der Waals surface area contributed by atoms with Crippen LogP contribution in [0, 0.1) is 0 Å². The van der Waals surface area contributed by atoms with Crippen LogP contribution in [0.25, 0.3) is 10.8 Å². The van der Waals surface area contributed by atoms with Gasteiger partial charge in [-0.1, -0.05) is 30.3 Å². The number of methoxy groups -OCH3 is 1. The highest BCUT2D eigenvalue weighted by Crippen LogP contribution is 2.39. The fourth-order valence-corrected chi connectivity index (χ4v) is 5.20. The largest absolute Gasteiger partial charge is 0.497 e. The van der Waals surface area contributed by atoms with Crippen molar-refractivity contribution in [3.05, 3.63) is 90.5 Å². The van der Waals surface area contributed by atoms with Gasteiger partial charge in [-0.3, -0.25) is 4.55 Å². The van der Waals surface area contributed by atoms with Crippen LogP contribution < -0.4 is 4.74 Å². The lowest BCUT2D eigenvalue weighted by Gasteiger charge is -2.29. The third kappa shape index (κ3) is 4.30. The Morgan fingerprint density at radius 2 is 1.94 bits per heavy atom. The van der Waals surface area contributed by atoms with Gasteiger partial charge < -0.3 is 18.8 Å². The number of fused-ring (bicyclic) bond motifs is 1. The average Bonchev–Trinajstić information content (AvgIpc) is 3.49. The van der Waals surface area contributed by atoms with Crippen LogP contribution in [-0.2, 0) is 38.3 Å². The van der Waals surface area contributed by atoms with E-state index in [0.29, 0.717) is 17.9 Å². The van der Waals surface area contributed by atoms with E-state index in [4.69, 9.17) is 14.2 Å². The average molecular weight is 481 g/mol. The van der Waals surface area contributed by atoms with Gasteiger partial charge in [0.25, 0.3) is 10.1 Å². The molecule has 1 N–H and O–H groups in total. The minimum Gasteiger partial charge on any atom is -0.497 e. The molecule has 2 heterocycles. The number of hydrogen-bond acceptors (Lipinski definition) is 6. The van der Waals surface area contributed by atoms with Gasteiger partial charge in [0.1, 0.15) is 5.75 Å². The first kappa shape index (κ1) is 22.5. The summed E-state index contributed by atoms with van der Waals surface area (Å²) < 4.78 is 54.1. The van der Waals surface area contributed by atoms with Gasteiger partial charge in [-0.05, 0) is 46.7 Å². The molecule has 3 aromatic carbocycles. The van der Waals surface area contributed by atoms with Gasteiger partial charge in [0, 0.05) is 24.4 Å². The molecule has 1 aromatic heterocycles. The monoisotopic (exact) mass is 480 g/mol. The van der Waals surface area contributed by atoms with Crippen LogP contribution in [0.1, 0.15) is 11.1 Å². The lowest BCUT2D eigenvalue weighted by molar-refractivity contribution is -0.186. The van der Waals surface area contributed by atoms with Crippen molar-refractivity contribution in [1.82, 2.24) is 9.55 Å². The Labute approximate surface area is 197 Å². The molecule has 1 fully saturated rings. The van der Waals surface area contributed by atoms with E-state index in [9.17, 15) is 13.0 Å². The molecule has 0 bridgehead atoms. The standard InChI is InChI=1S/C25H24N2O6S/c1-31-20-9-7-19(8-10-20)25(16-27-13-12-26-17-27)32-15-21(33-25)14-23-22-5-3-2-4-18(22)6-11-24(23)34(28,29)30/h2-13,17,21H,14-16H2,1H3,(H,28,29,30)/t21-,25+/m1/s1. The van der Waals surface area contributed by atoms with Gasteiger partial charge in [0.15, 0.2) is 0 Å². The minimum absolute atomic E-state index is 0.119. The Bertz CT molecular complexity index is 1400. The van der Waals surface area contributed by atoms with Crippen LogP contribution in [0.2, 0.25) is 0 Å². The van der Waals surface area contributed by atoms with Gasteiger partial charge >= 0.3 is 0 Å². The molecule has 9 heteroatoms. The first-order valence-corrected chi connectivity index (χ1v) is 12.2. The van der Waals surface area contributed by atoms with Crippen LogP contribution in [-0.4, -0.2) is 42.3 Å². The minimum atomic E-state index is -4.42. The van der Waals surface area contributed by atoms with Crippen molar-refractivity contribution in [1.29, 1.82) is 0 Å². The van der Waals surface area contributed by atoms with Gasteiger partial charge in [-0.15, -0.1) is 0 Å². The third-order valence-electron chi connectivity index (χ3n) is 6.05. The predicted molar refractivity (Wildman–Crippen MR) is 125 cm³/mol. The lowest BCUT2D eigenvalue weighted by Crippen LogP contribution is -2.33. The van der Waals surface area contributed by atoms with Crippen molar-refractivity contribution in [2.75, 3.05) is 13.7 Å². The highest BCUT2D eigenvalue weighted by molar-refractivity contribution is 7.85. The molecule has 1 saturated heterocycles. The third-order valence-corrected chi connectivity index (χ3v) is 6.98. The van der Waals surface area contributed by atoms with Crippen molar-refractivity contribution in [2.24, 2.45) is 0 Å². The summed E-state index contributed by atoms with van der Waals surface area (Å²) >= 11 is 0. The van der Waals surface area contributed by atoms with E-state index in [2.05, 4.69) is 4.98 Å². The van der Waals surface area contributed by atoms with Gasteiger partial charge in [-0.2, -0.15) is 8.42 Å². The maximum Gasteiger partial charge on any atom is 0.294 e. The summed E-state index contributed by atoms with van der Waals surface area (Å²) in [5.41, 5.74) is 1.31. The maximum absolute atomic E-state index is 12.2. The Hall–Kier alpha value is -3.24. The Morgan fingerprint density at radius 1 is 1.15 bits per heavy atom. The number of hydrogen-bond donors (Lipinski definition) is 1. The molecule has 1 aliphatic heterocycles. The normalized spacial score (nSPS) is 20.6. The highest BCUT2D eigenvalue weighted by atomic mass is 32.2. The maximum atomic E-state index is 12.2. The molecule has 4 aromatic rings. The van der Waals surface area contributed by atoms with Crippen molar-refractivity contribution in [3.63, 3.8) is 0 Å². The number of benzene rings is 3.